The Bertz CT molecular complexity index is 687. The number of aromatic amines is 1. The van der Waals surface area contributed by atoms with Crippen LogP contribution in [-0.2, 0) is 0 Å². The van der Waals surface area contributed by atoms with Crippen LogP contribution in [0.15, 0.2) is 41.5 Å². The Labute approximate surface area is 94.6 Å². The van der Waals surface area contributed by atoms with Gasteiger partial charge in [0, 0.05) is 5.56 Å². The summed E-state index contributed by atoms with van der Waals surface area (Å²) in [5.74, 6) is 0. The van der Waals surface area contributed by atoms with Crippen molar-refractivity contribution in [3.05, 3.63) is 47.0 Å². The van der Waals surface area contributed by atoms with E-state index in [9.17, 15) is 4.79 Å². The van der Waals surface area contributed by atoms with Crippen LogP contribution < -0.4 is 5.56 Å². The molecule has 0 radical (unpaired) electrons. The Morgan fingerprint density at radius 1 is 1.19 bits per heavy atom. The zero-order chi connectivity index (χ0) is 11.0. The van der Waals surface area contributed by atoms with Crippen molar-refractivity contribution in [1.82, 2.24) is 15.0 Å². The van der Waals surface area contributed by atoms with Crippen molar-refractivity contribution in [2.24, 2.45) is 0 Å². The minimum absolute atomic E-state index is 0.191. The molecular weight excluding hydrogens is 222 g/mol. The van der Waals surface area contributed by atoms with Gasteiger partial charge in [-0.25, -0.2) is 9.97 Å². The molecule has 0 amide bonds. The summed E-state index contributed by atoms with van der Waals surface area (Å²) >= 11 is 1.42. The number of hydrogen-bond donors (Lipinski definition) is 1. The standard InChI is InChI=1S/C11H7N3OS/c15-9-8-11(13-6-12-9)16-10(14-8)7-4-2-1-3-5-7/h1-6H,(H,12,13,15). The molecule has 0 unspecified atom stereocenters. The van der Waals surface area contributed by atoms with Crippen LogP contribution in [0, 0.1) is 0 Å². The van der Waals surface area contributed by atoms with Gasteiger partial charge in [-0.3, -0.25) is 4.79 Å². The average Bonchev–Trinajstić information content (AvgIpc) is 2.76. The molecule has 0 aliphatic heterocycles. The molecule has 0 fully saturated rings. The molecule has 2 aromatic heterocycles. The van der Waals surface area contributed by atoms with Crippen molar-refractivity contribution < 1.29 is 0 Å². The minimum atomic E-state index is -0.191. The van der Waals surface area contributed by atoms with Crippen molar-refractivity contribution in [2.75, 3.05) is 0 Å². The zero-order valence-corrected chi connectivity index (χ0v) is 8.99. The van der Waals surface area contributed by atoms with Crippen molar-refractivity contribution >= 4 is 21.7 Å². The summed E-state index contributed by atoms with van der Waals surface area (Å²) in [4.78, 5) is 23.0. The highest BCUT2D eigenvalue weighted by Gasteiger charge is 2.08. The minimum Gasteiger partial charge on any atom is -0.311 e. The lowest BCUT2D eigenvalue weighted by molar-refractivity contribution is 1.17. The molecule has 3 rings (SSSR count). The molecule has 2 heterocycles. The molecule has 0 spiro atoms. The molecule has 0 aliphatic carbocycles. The van der Waals surface area contributed by atoms with Gasteiger partial charge in [-0.1, -0.05) is 41.7 Å². The topological polar surface area (TPSA) is 58.6 Å². The van der Waals surface area contributed by atoms with Crippen molar-refractivity contribution in [2.45, 2.75) is 0 Å². The number of H-pyrrole nitrogens is 1. The van der Waals surface area contributed by atoms with Crippen LogP contribution in [0.5, 0.6) is 0 Å². The first-order chi connectivity index (χ1) is 7.84. The summed E-state index contributed by atoms with van der Waals surface area (Å²) in [5.41, 5.74) is 1.22. The van der Waals surface area contributed by atoms with Crippen LogP contribution in [0.1, 0.15) is 0 Å². The van der Waals surface area contributed by atoms with E-state index in [1.54, 1.807) is 0 Å². The zero-order valence-electron chi connectivity index (χ0n) is 8.18. The Kier molecular flexibility index (Phi) is 2.04. The second-order valence-corrected chi connectivity index (χ2v) is 4.25. The molecule has 0 bridgehead atoms. The number of hydrogen-bond acceptors (Lipinski definition) is 4. The Hall–Kier alpha value is -2.01. The Morgan fingerprint density at radius 2 is 2.00 bits per heavy atom. The van der Waals surface area contributed by atoms with Gasteiger partial charge in [0.1, 0.15) is 5.01 Å². The molecule has 78 valence electrons. The molecule has 0 saturated heterocycles. The SMILES string of the molecule is O=c1[nH]cnc2sc(-c3ccccc3)nc12. The van der Waals surface area contributed by atoms with Gasteiger partial charge in [-0.05, 0) is 0 Å². The van der Waals surface area contributed by atoms with Crippen molar-refractivity contribution in [3.63, 3.8) is 0 Å². The molecule has 1 aromatic carbocycles. The van der Waals surface area contributed by atoms with E-state index < -0.39 is 0 Å². The summed E-state index contributed by atoms with van der Waals surface area (Å²) in [7, 11) is 0. The fourth-order valence-corrected chi connectivity index (χ4v) is 2.38. The first kappa shape index (κ1) is 9.23. The third kappa shape index (κ3) is 1.42. The fourth-order valence-electron chi connectivity index (χ4n) is 1.47. The van der Waals surface area contributed by atoms with Gasteiger partial charge in [-0.2, -0.15) is 0 Å². The molecule has 0 aliphatic rings. The number of nitrogens with one attached hydrogen (secondary N) is 1. The highest BCUT2D eigenvalue weighted by atomic mass is 32.1. The molecule has 1 N–H and O–H groups in total. The van der Waals surface area contributed by atoms with E-state index in [4.69, 9.17) is 0 Å². The normalized spacial score (nSPS) is 10.8. The number of aromatic nitrogens is 3. The second kappa shape index (κ2) is 3.53. The van der Waals surface area contributed by atoms with Crippen LogP contribution in [0.3, 0.4) is 0 Å². The summed E-state index contributed by atoms with van der Waals surface area (Å²) in [6.07, 6.45) is 1.40. The maximum atomic E-state index is 11.5. The van der Waals surface area contributed by atoms with Crippen LogP contribution >= 0.6 is 11.3 Å². The largest absolute Gasteiger partial charge is 0.311 e. The monoisotopic (exact) mass is 229 g/mol. The van der Waals surface area contributed by atoms with Gasteiger partial charge in [-0.15, -0.1) is 0 Å². The maximum Gasteiger partial charge on any atom is 0.278 e. The van der Waals surface area contributed by atoms with Crippen LogP contribution in [0.25, 0.3) is 20.9 Å². The molecule has 0 saturated carbocycles. The quantitative estimate of drug-likeness (QED) is 0.694. The molecule has 0 atom stereocenters. The Balaban J connectivity index is 2.28. The van der Waals surface area contributed by atoms with E-state index in [-0.39, 0.29) is 5.56 Å². The van der Waals surface area contributed by atoms with E-state index in [0.29, 0.717) is 10.3 Å². The molecule has 3 aromatic rings. The number of thiazole rings is 1. The molecule has 4 nitrogen and oxygen atoms in total. The number of fused-ring (bicyclic) bond motifs is 1. The number of rotatable bonds is 1. The average molecular weight is 229 g/mol. The predicted molar refractivity (Wildman–Crippen MR) is 63.5 cm³/mol. The van der Waals surface area contributed by atoms with Crippen molar-refractivity contribution in [3.8, 4) is 10.6 Å². The summed E-state index contributed by atoms with van der Waals surface area (Å²) < 4.78 is 0. The lowest BCUT2D eigenvalue weighted by Gasteiger charge is -1.91. The predicted octanol–water partition coefficient (Wildman–Crippen LogP) is 2.05. The third-order valence-corrected chi connectivity index (χ3v) is 3.23. The molecular formula is C11H7N3OS. The second-order valence-electron chi connectivity index (χ2n) is 3.27. The first-order valence-electron chi connectivity index (χ1n) is 4.74. The van der Waals surface area contributed by atoms with Gasteiger partial charge in [0.2, 0.25) is 0 Å². The van der Waals surface area contributed by atoms with Gasteiger partial charge >= 0.3 is 0 Å². The van der Waals surface area contributed by atoms with E-state index >= 15 is 0 Å². The van der Waals surface area contributed by atoms with E-state index in [0.717, 1.165) is 10.6 Å². The lowest BCUT2D eigenvalue weighted by atomic mass is 10.2. The van der Waals surface area contributed by atoms with Crippen molar-refractivity contribution in [1.29, 1.82) is 0 Å². The first-order valence-corrected chi connectivity index (χ1v) is 5.56. The maximum absolute atomic E-state index is 11.5. The molecule has 5 heteroatoms. The third-order valence-electron chi connectivity index (χ3n) is 2.22. The smallest absolute Gasteiger partial charge is 0.278 e. The highest BCUT2D eigenvalue weighted by molar-refractivity contribution is 7.21. The van der Waals surface area contributed by atoms with Gasteiger partial charge in [0.25, 0.3) is 5.56 Å². The summed E-state index contributed by atoms with van der Waals surface area (Å²) in [5, 5.41) is 0.819. The Morgan fingerprint density at radius 3 is 2.75 bits per heavy atom. The van der Waals surface area contributed by atoms with Crippen LogP contribution in [0.2, 0.25) is 0 Å². The highest BCUT2D eigenvalue weighted by Crippen LogP contribution is 2.26. The van der Waals surface area contributed by atoms with E-state index in [2.05, 4.69) is 15.0 Å². The molecule has 16 heavy (non-hydrogen) atoms. The van der Waals surface area contributed by atoms with E-state index in [1.165, 1.54) is 17.7 Å². The van der Waals surface area contributed by atoms with Gasteiger partial charge in [0.15, 0.2) is 10.3 Å². The summed E-state index contributed by atoms with van der Waals surface area (Å²) in [6.45, 7) is 0. The lowest BCUT2D eigenvalue weighted by Crippen LogP contribution is -2.05. The van der Waals surface area contributed by atoms with Crippen LogP contribution in [0.4, 0.5) is 0 Å². The number of nitrogens with zero attached hydrogens (tertiary/aromatic N) is 2. The summed E-state index contributed by atoms with van der Waals surface area (Å²) in [6, 6.07) is 9.76. The van der Waals surface area contributed by atoms with E-state index in [1.807, 2.05) is 30.3 Å². The van der Waals surface area contributed by atoms with Gasteiger partial charge < -0.3 is 4.98 Å². The van der Waals surface area contributed by atoms with Crippen LogP contribution in [-0.4, -0.2) is 15.0 Å². The van der Waals surface area contributed by atoms with Gasteiger partial charge in [0.05, 0.1) is 6.33 Å². The number of benzene rings is 1. The fraction of sp³-hybridized carbons (Fsp3) is 0.